The Balaban J connectivity index is 1.42. The van der Waals surface area contributed by atoms with Crippen molar-refractivity contribution in [2.75, 3.05) is 19.7 Å². The molecule has 1 heterocycles. The number of amides is 1. The van der Waals surface area contributed by atoms with Gasteiger partial charge in [-0.05, 0) is 55.9 Å². The Morgan fingerprint density at radius 3 is 2.40 bits per heavy atom. The van der Waals surface area contributed by atoms with Crippen LogP contribution in [0.2, 0.25) is 0 Å². The van der Waals surface area contributed by atoms with E-state index in [0.717, 1.165) is 38.8 Å². The van der Waals surface area contributed by atoms with Gasteiger partial charge >= 0.3 is 0 Å². The van der Waals surface area contributed by atoms with Crippen LogP contribution in [0.25, 0.3) is 0 Å². The molecule has 1 aliphatic carbocycles. The van der Waals surface area contributed by atoms with Crippen molar-refractivity contribution in [1.82, 2.24) is 4.90 Å². The molecule has 0 N–H and O–H groups in total. The monoisotopic (exact) mass is 277 g/mol. The fraction of sp³-hybridized carbons (Fsp3) is 0.562. The number of likely N-dealkylation sites (tertiary alicyclic amines) is 1. The lowest BCUT2D eigenvalue weighted by Crippen LogP contribution is -2.40. The molecule has 0 radical (unpaired) electrons. The molecular formula is C16H20FNO2. The first kappa shape index (κ1) is 13.4. The van der Waals surface area contributed by atoms with E-state index in [1.165, 1.54) is 12.1 Å². The average Bonchev–Trinajstić information content (AvgIpc) is 3.31. The molecule has 1 amide bonds. The summed E-state index contributed by atoms with van der Waals surface area (Å²) in [6.07, 6.45) is 4.15. The Morgan fingerprint density at radius 1 is 1.15 bits per heavy atom. The minimum absolute atomic E-state index is 0.246. The lowest BCUT2D eigenvalue weighted by Gasteiger charge is -2.32. The summed E-state index contributed by atoms with van der Waals surface area (Å²) in [5.41, 5.74) is 0. The van der Waals surface area contributed by atoms with Crippen LogP contribution in [0.3, 0.4) is 0 Å². The molecule has 0 unspecified atom stereocenters. The van der Waals surface area contributed by atoms with Gasteiger partial charge in [0.25, 0.3) is 0 Å². The SMILES string of the molecule is O=C(C1CC1)N1CCC(COc2ccc(F)cc2)CC1. The first-order chi connectivity index (χ1) is 9.72. The average molecular weight is 277 g/mol. The van der Waals surface area contributed by atoms with Crippen LogP contribution < -0.4 is 4.74 Å². The first-order valence-electron chi connectivity index (χ1n) is 7.39. The van der Waals surface area contributed by atoms with Gasteiger partial charge in [-0.3, -0.25) is 4.79 Å². The molecule has 3 rings (SSSR count). The second-order valence-electron chi connectivity index (χ2n) is 5.81. The van der Waals surface area contributed by atoms with Gasteiger partial charge in [0.15, 0.2) is 0 Å². The number of hydrogen-bond donors (Lipinski definition) is 0. The van der Waals surface area contributed by atoms with E-state index in [4.69, 9.17) is 4.74 Å². The van der Waals surface area contributed by atoms with Gasteiger partial charge in [-0.15, -0.1) is 0 Å². The van der Waals surface area contributed by atoms with Crippen molar-refractivity contribution in [2.24, 2.45) is 11.8 Å². The molecule has 0 spiro atoms. The van der Waals surface area contributed by atoms with E-state index in [-0.39, 0.29) is 5.82 Å². The first-order valence-corrected chi connectivity index (χ1v) is 7.39. The largest absolute Gasteiger partial charge is 0.493 e. The third-order valence-electron chi connectivity index (χ3n) is 4.15. The molecule has 3 nitrogen and oxygen atoms in total. The molecule has 4 heteroatoms. The number of ether oxygens (including phenoxy) is 1. The van der Waals surface area contributed by atoms with Crippen LogP contribution in [-0.2, 0) is 4.79 Å². The van der Waals surface area contributed by atoms with Crippen molar-refractivity contribution in [3.8, 4) is 5.75 Å². The predicted molar refractivity (Wildman–Crippen MR) is 73.9 cm³/mol. The number of carbonyl (C=O) groups is 1. The Morgan fingerprint density at radius 2 is 1.80 bits per heavy atom. The van der Waals surface area contributed by atoms with E-state index in [1.807, 2.05) is 4.90 Å². The summed E-state index contributed by atoms with van der Waals surface area (Å²) in [6.45, 7) is 2.36. The highest BCUT2D eigenvalue weighted by Crippen LogP contribution is 2.32. The highest BCUT2D eigenvalue weighted by molar-refractivity contribution is 5.81. The lowest BCUT2D eigenvalue weighted by molar-refractivity contribution is -0.134. The molecule has 0 atom stereocenters. The van der Waals surface area contributed by atoms with E-state index < -0.39 is 0 Å². The van der Waals surface area contributed by atoms with Gasteiger partial charge in [0.1, 0.15) is 11.6 Å². The maximum Gasteiger partial charge on any atom is 0.225 e. The highest BCUT2D eigenvalue weighted by atomic mass is 19.1. The topological polar surface area (TPSA) is 29.5 Å². The van der Waals surface area contributed by atoms with Crippen LogP contribution in [-0.4, -0.2) is 30.5 Å². The lowest BCUT2D eigenvalue weighted by atomic mass is 9.97. The molecule has 0 aromatic heterocycles. The van der Waals surface area contributed by atoms with Crippen LogP contribution in [0.5, 0.6) is 5.75 Å². The normalized spacial score (nSPS) is 19.9. The second kappa shape index (κ2) is 5.81. The zero-order valence-corrected chi connectivity index (χ0v) is 11.6. The third-order valence-corrected chi connectivity index (χ3v) is 4.15. The minimum Gasteiger partial charge on any atom is -0.493 e. The van der Waals surface area contributed by atoms with Crippen molar-refractivity contribution in [1.29, 1.82) is 0 Å². The Hall–Kier alpha value is -1.58. The molecule has 1 aromatic rings. The van der Waals surface area contributed by atoms with Gasteiger partial charge in [-0.1, -0.05) is 0 Å². The maximum atomic E-state index is 12.8. The van der Waals surface area contributed by atoms with Gasteiger partial charge in [-0.2, -0.15) is 0 Å². The van der Waals surface area contributed by atoms with Crippen LogP contribution in [0, 0.1) is 17.7 Å². The number of rotatable bonds is 4. The predicted octanol–water partition coefficient (Wildman–Crippen LogP) is 2.85. The summed E-state index contributed by atoms with van der Waals surface area (Å²) >= 11 is 0. The molecule has 2 aliphatic rings. The van der Waals surface area contributed by atoms with Gasteiger partial charge < -0.3 is 9.64 Å². The van der Waals surface area contributed by atoms with Crippen molar-refractivity contribution < 1.29 is 13.9 Å². The molecule has 108 valence electrons. The quantitative estimate of drug-likeness (QED) is 0.847. The molecule has 1 aromatic carbocycles. The van der Waals surface area contributed by atoms with Crippen molar-refractivity contribution in [3.63, 3.8) is 0 Å². The van der Waals surface area contributed by atoms with Gasteiger partial charge in [-0.25, -0.2) is 4.39 Å². The Kier molecular flexibility index (Phi) is 3.90. The van der Waals surface area contributed by atoms with E-state index in [1.54, 1.807) is 12.1 Å². The number of nitrogens with zero attached hydrogens (tertiary/aromatic N) is 1. The van der Waals surface area contributed by atoms with Crippen LogP contribution in [0.1, 0.15) is 25.7 Å². The number of piperidine rings is 1. The molecule has 1 aliphatic heterocycles. The Labute approximate surface area is 118 Å². The minimum atomic E-state index is -0.246. The van der Waals surface area contributed by atoms with Crippen molar-refractivity contribution in [2.45, 2.75) is 25.7 Å². The standard InChI is InChI=1S/C16H20FNO2/c17-14-3-5-15(6-4-14)20-11-12-7-9-18(10-8-12)16(19)13-1-2-13/h3-6,12-13H,1-2,7-11H2. The second-order valence-corrected chi connectivity index (χ2v) is 5.81. The van der Waals surface area contributed by atoms with Crippen molar-refractivity contribution in [3.05, 3.63) is 30.1 Å². The van der Waals surface area contributed by atoms with E-state index in [2.05, 4.69) is 0 Å². The van der Waals surface area contributed by atoms with E-state index in [0.29, 0.717) is 30.1 Å². The summed E-state index contributed by atoms with van der Waals surface area (Å²) in [5, 5.41) is 0. The maximum absolute atomic E-state index is 12.8. The molecule has 2 fully saturated rings. The molecule has 20 heavy (non-hydrogen) atoms. The summed E-state index contributed by atoms with van der Waals surface area (Å²) in [6, 6.07) is 6.13. The fourth-order valence-corrected chi connectivity index (χ4v) is 2.65. The van der Waals surface area contributed by atoms with Crippen molar-refractivity contribution >= 4 is 5.91 Å². The zero-order chi connectivity index (χ0) is 13.9. The van der Waals surface area contributed by atoms with Crippen LogP contribution in [0.4, 0.5) is 4.39 Å². The highest BCUT2D eigenvalue weighted by Gasteiger charge is 2.34. The smallest absolute Gasteiger partial charge is 0.225 e. The number of carbonyl (C=O) groups excluding carboxylic acids is 1. The zero-order valence-electron chi connectivity index (χ0n) is 11.6. The number of benzene rings is 1. The molecule has 1 saturated carbocycles. The van der Waals surface area contributed by atoms with E-state index in [9.17, 15) is 9.18 Å². The van der Waals surface area contributed by atoms with Crippen LogP contribution >= 0.6 is 0 Å². The summed E-state index contributed by atoms with van der Waals surface area (Å²) < 4.78 is 18.5. The number of halogens is 1. The molecule has 1 saturated heterocycles. The third kappa shape index (κ3) is 3.30. The Bertz CT molecular complexity index is 462. The number of hydrogen-bond acceptors (Lipinski definition) is 2. The van der Waals surface area contributed by atoms with E-state index >= 15 is 0 Å². The summed E-state index contributed by atoms with van der Waals surface area (Å²) in [4.78, 5) is 13.9. The van der Waals surface area contributed by atoms with Gasteiger partial charge in [0.05, 0.1) is 6.61 Å². The summed E-state index contributed by atoms with van der Waals surface area (Å²) in [7, 11) is 0. The van der Waals surface area contributed by atoms with Gasteiger partial charge in [0.2, 0.25) is 5.91 Å². The van der Waals surface area contributed by atoms with Crippen LogP contribution in [0.15, 0.2) is 24.3 Å². The summed E-state index contributed by atoms with van der Waals surface area (Å²) in [5.74, 6) is 1.63. The molecule has 0 bridgehead atoms. The molecular weight excluding hydrogens is 257 g/mol. The van der Waals surface area contributed by atoms with Gasteiger partial charge in [0, 0.05) is 19.0 Å². The fourth-order valence-electron chi connectivity index (χ4n) is 2.65.